The highest BCUT2D eigenvalue weighted by molar-refractivity contribution is 7.90. The van der Waals surface area contributed by atoms with Crippen LogP contribution in [0.25, 0.3) is 22.3 Å². The minimum absolute atomic E-state index is 0.247. The summed E-state index contributed by atoms with van der Waals surface area (Å²) in [5, 5.41) is 4.74. The molecule has 2 aromatic carbocycles. The van der Waals surface area contributed by atoms with Crippen molar-refractivity contribution in [1.29, 1.82) is 0 Å². The van der Waals surface area contributed by atoms with Gasteiger partial charge in [0.1, 0.15) is 5.75 Å². The van der Waals surface area contributed by atoms with Gasteiger partial charge in [-0.15, -0.1) is 0 Å². The summed E-state index contributed by atoms with van der Waals surface area (Å²) in [6, 6.07) is 15.9. The first-order valence-corrected chi connectivity index (χ1v) is 10.6. The van der Waals surface area contributed by atoms with Gasteiger partial charge in [0, 0.05) is 17.2 Å². The Kier molecular flexibility index (Phi) is 4.18. The Balaban J connectivity index is 1.78. The van der Waals surface area contributed by atoms with Gasteiger partial charge in [0.15, 0.2) is 15.7 Å². The van der Waals surface area contributed by atoms with Gasteiger partial charge in [-0.2, -0.15) is 16.3 Å². The molecule has 2 heterocycles. The van der Waals surface area contributed by atoms with Crippen molar-refractivity contribution >= 4 is 32.1 Å². The second kappa shape index (κ2) is 6.51. The maximum Gasteiger partial charge on any atom is 0.230 e. The molecule has 0 bridgehead atoms. The number of rotatable bonds is 4. The molecular weight excluding hydrogens is 368 g/mol. The van der Waals surface area contributed by atoms with Crippen LogP contribution in [-0.2, 0) is 9.84 Å². The Morgan fingerprint density at radius 3 is 2.42 bits per heavy atom. The molecule has 0 radical (unpaired) electrons. The van der Waals surface area contributed by atoms with Crippen LogP contribution in [0.1, 0.15) is 0 Å². The Bertz CT molecular complexity index is 1170. The van der Waals surface area contributed by atoms with E-state index in [-0.39, 0.29) is 4.90 Å². The lowest BCUT2D eigenvalue weighted by molar-refractivity contribution is 0.468. The summed E-state index contributed by atoms with van der Waals surface area (Å²) in [6.07, 6.45) is 1.17. The van der Waals surface area contributed by atoms with Crippen LogP contribution in [-0.4, -0.2) is 24.6 Å². The van der Waals surface area contributed by atoms with Gasteiger partial charge < -0.3 is 4.74 Å². The second-order valence-electron chi connectivity index (χ2n) is 5.73. The smallest absolute Gasteiger partial charge is 0.230 e. The summed E-state index contributed by atoms with van der Waals surface area (Å²) < 4.78 is 29.1. The largest absolute Gasteiger partial charge is 0.438 e. The monoisotopic (exact) mass is 382 g/mol. The van der Waals surface area contributed by atoms with E-state index in [0.717, 1.165) is 16.5 Å². The fourth-order valence-corrected chi connectivity index (χ4v) is 3.78. The third-order valence-corrected chi connectivity index (χ3v) is 5.63. The molecule has 7 heteroatoms. The van der Waals surface area contributed by atoms with Gasteiger partial charge >= 0.3 is 0 Å². The van der Waals surface area contributed by atoms with Crippen LogP contribution < -0.4 is 4.74 Å². The predicted molar refractivity (Wildman–Crippen MR) is 102 cm³/mol. The van der Waals surface area contributed by atoms with Gasteiger partial charge in [-0.25, -0.2) is 13.4 Å². The number of aromatic nitrogens is 2. The zero-order valence-electron chi connectivity index (χ0n) is 13.8. The quantitative estimate of drug-likeness (QED) is 0.518. The molecule has 0 fully saturated rings. The van der Waals surface area contributed by atoms with Crippen molar-refractivity contribution in [2.45, 2.75) is 4.90 Å². The molecule has 4 aromatic rings. The summed E-state index contributed by atoms with van der Waals surface area (Å²) in [6.45, 7) is 0. The SMILES string of the molecule is CS(=O)(=O)c1ccc(Oc2nc(-c3ccsc3)nc3ccccc23)cc1. The number of hydrogen-bond acceptors (Lipinski definition) is 6. The third-order valence-electron chi connectivity index (χ3n) is 3.81. The fraction of sp³-hybridized carbons (Fsp3) is 0.0526. The highest BCUT2D eigenvalue weighted by Crippen LogP contribution is 2.31. The highest BCUT2D eigenvalue weighted by atomic mass is 32.2. The molecule has 0 aliphatic carbocycles. The Hall–Kier alpha value is -2.77. The highest BCUT2D eigenvalue weighted by Gasteiger charge is 2.12. The van der Waals surface area contributed by atoms with Gasteiger partial charge in [-0.3, -0.25) is 0 Å². The van der Waals surface area contributed by atoms with Crippen LogP contribution in [0.2, 0.25) is 0 Å². The second-order valence-corrected chi connectivity index (χ2v) is 8.52. The minimum atomic E-state index is -3.24. The molecule has 0 amide bonds. The van der Waals surface area contributed by atoms with E-state index in [1.165, 1.54) is 18.4 Å². The van der Waals surface area contributed by atoms with Gasteiger partial charge in [0.2, 0.25) is 5.88 Å². The summed E-state index contributed by atoms with van der Waals surface area (Å²) in [5.74, 6) is 1.54. The lowest BCUT2D eigenvalue weighted by atomic mass is 10.2. The molecule has 2 aromatic heterocycles. The average Bonchev–Trinajstić information content (AvgIpc) is 3.16. The number of ether oxygens (including phenoxy) is 1. The number of thiophene rings is 1. The molecule has 0 aliphatic rings. The maximum absolute atomic E-state index is 11.6. The summed E-state index contributed by atoms with van der Waals surface area (Å²) in [5.41, 5.74) is 1.71. The molecule has 0 atom stereocenters. The number of sulfone groups is 1. The van der Waals surface area contributed by atoms with Crippen molar-refractivity contribution in [3.05, 3.63) is 65.4 Å². The van der Waals surface area contributed by atoms with Gasteiger partial charge in [-0.1, -0.05) is 12.1 Å². The lowest BCUT2D eigenvalue weighted by Gasteiger charge is -2.10. The molecule has 0 N–H and O–H groups in total. The van der Waals surface area contributed by atoms with E-state index in [9.17, 15) is 8.42 Å². The molecule has 5 nitrogen and oxygen atoms in total. The van der Waals surface area contributed by atoms with Gasteiger partial charge in [-0.05, 0) is 47.8 Å². The molecular formula is C19H14N2O3S2. The van der Waals surface area contributed by atoms with E-state index in [1.54, 1.807) is 23.5 Å². The molecule has 0 spiro atoms. The van der Waals surface area contributed by atoms with Crippen LogP contribution in [0.4, 0.5) is 0 Å². The molecule has 130 valence electrons. The summed E-state index contributed by atoms with van der Waals surface area (Å²) in [7, 11) is -3.24. The van der Waals surface area contributed by atoms with E-state index >= 15 is 0 Å². The normalized spacial score (nSPS) is 11.6. The van der Waals surface area contributed by atoms with Crippen LogP contribution in [0.3, 0.4) is 0 Å². The number of fused-ring (bicyclic) bond motifs is 1. The Labute approximate surface area is 154 Å². The fourth-order valence-electron chi connectivity index (χ4n) is 2.51. The van der Waals surface area contributed by atoms with Crippen LogP contribution in [0.5, 0.6) is 11.6 Å². The van der Waals surface area contributed by atoms with E-state index < -0.39 is 9.84 Å². The van der Waals surface area contributed by atoms with E-state index in [4.69, 9.17) is 4.74 Å². The number of benzene rings is 2. The number of nitrogens with zero attached hydrogens (tertiary/aromatic N) is 2. The molecule has 0 unspecified atom stereocenters. The first-order chi connectivity index (χ1) is 12.5. The lowest BCUT2D eigenvalue weighted by Crippen LogP contribution is -1.98. The molecule has 0 aliphatic heterocycles. The van der Waals surface area contributed by atoms with Crippen molar-refractivity contribution in [3.63, 3.8) is 0 Å². The maximum atomic E-state index is 11.6. The topological polar surface area (TPSA) is 69.2 Å². The standard InChI is InChI=1S/C19H14N2O3S2/c1-26(22,23)15-8-6-14(7-9-15)24-19-16-4-2-3-5-17(16)20-18(21-19)13-10-11-25-12-13/h2-12H,1H3. The average molecular weight is 382 g/mol. The zero-order valence-corrected chi connectivity index (χ0v) is 15.4. The van der Waals surface area contributed by atoms with Crippen molar-refractivity contribution < 1.29 is 13.2 Å². The molecule has 26 heavy (non-hydrogen) atoms. The van der Waals surface area contributed by atoms with Gasteiger partial charge in [0.25, 0.3) is 0 Å². The van der Waals surface area contributed by atoms with Gasteiger partial charge in [0.05, 0.1) is 15.8 Å². The van der Waals surface area contributed by atoms with Crippen LogP contribution >= 0.6 is 11.3 Å². The van der Waals surface area contributed by atoms with Crippen LogP contribution in [0.15, 0.2) is 70.3 Å². The Morgan fingerprint density at radius 1 is 0.962 bits per heavy atom. The van der Waals surface area contributed by atoms with Crippen molar-refractivity contribution in [2.24, 2.45) is 0 Å². The minimum Gasteiger partial charge on any atom is -0.438 e. The van der Waals surface area contributed by atoms with Crippen molar-refractivity contribution in [2.75, 3.05) is 6.26 Å². The summed E-state index contributed by atoms with van der Waals surface area (Å²) >= 11 is 1.58. The molecule has 0 saturated carbocycles. The van der Waals surface area contributed by atoms with E-state index in [0.29, 0.717) is 17.5 Å². The molecule has 0 saturated heterocycles. The zero-order chi connectivity index (χ0) is 18.1. The van der Waals surface area contributed by atoms with E-state index in [1.807, 2.05) is 41.1 Å². The van der Waals surface area contributed by atoms with Crippen LogP contribution in [0, 0.1) is 0 Å². The predicted octanol–water partition coefficient (Wildman–Crippen LogP) is 4.55. The van der Waals surface area contributed by atoms with Crippen molar-refractivity contribution in [3.8, 4) is 23.0 Å². The Morgan fingerprint density at radius 2 is 1.73 bits per heavy atom. The van der Waals surface area contributed by atoms with E-state index in [2.05, 4.69) is 9.97 Å². The number of para-hydroxylation sites is 1. The third kappa shape index (κ3) is 3.31. The number of hydrogen-bond donors (Lipinski definition) is 0. The van der Waals surface area contributed by atoms with Crippen molar-refractivity contribution in [1.82, 2.24) is 9.97 Å². The first-order valence-electron chi connectivity index (χ1n) is 7.78. The first kappa shape index (κ1) is 16.7. The molecule has 4 rings (SSSR count). The summed E-state index contributed by atoms with van der Waals surface area (Å²) in [4.78, 5) is 9.41.